The summed E-state index contributed by atoms with van der Waals surface area (Å²) in [4.78, 5) is 11.2. The minimum Gasteiger partial charge on any atom is -0.465 e. The molecule has 0 heterocycles. The van der Waals surface area contributed by atoms with Crippen molar-refractivity contribution in [3.05, 3.63) is 28.8 Å². The van der Waals surface area contributed by atoms with Crippen molar-refractivity contribution in [3.8, 4) is 0 Å². The highest BCUT2D eigenvalue weighted by Gasteiger charge is 2.14. The largest absolute Gasteiger partial charge is 0.465 e. The normalized spacial score (nSPS) is 11.1. The molecule has 0 saturated heterocycles. The molecular formula is C9H9ClO4S. The number of ether oxygens (including phenoxy) is 1. The molecule has 0 N–H and O–H groups in total. The highest BCUT2D eigenvalue weighted by atomic mass is 35.5. The zero-order valence-corrected chi connectivity index (χ0v) is 9.72. The first-order valence-corrected chi connectivity index (χ1v) is 6.21. The van der Waals surface area contributed by atoms with E-state index in [1.165, 1.54) is 25.3 Å². The van der Waals surface area contributed by atoms with E-state index in [0.29, 0.717) is 0 Å². The fourth-order valence-electron chi connectivity index (χ4n) is 1.00. The van der Waals surface area contributed by atoms with E-state index in [1.54, 1.807) is 0 Å². The van der Waals surface area contributed by atoms with E-state index in [4.69, 9.17) is 11.6 Å². The van der Waals surface area contributed by atoms with Crippen molar-refractivity contribution in [1.29, 1.82) is 0 Å². The molecule has 1 aromatic rings. The number of halogens is 1. The van der Waals surface area contributed by atoms with Crippen LogP contribution in [0.25, 0.3) is 0 Å². The Morgan fingerprint density at radius 2 is 2.00 bits per heavy atom. The Hall–Kier alpha value is -1.07. The Morgan fingerprint density at radius 3 is 2.40 bits per heavy atom. The molecule has 0 unspecified atom stereocenters. The summed E-state index contributed by atoms with van der Waals surface area (Å²) in [5.74, 6) is -0.597. The molecule has 15 heavy (non-hydrogen) atoms. The Bertz CT molecular complexity index is 493. The highest BCUT2D eigenvalue weighted by Crippen LogP contribution is 2.21. The van der Waals surface area contributed by atoms with Gasteiger partial charge in [-0.3, -0.25) is 0 Å². The Labute approximate surface area is 92.7 Å². The SMILES string of the molecule is COC(=O)c1ccc(S(C)(=O)=O)cc1Cl. The van der Waals surface area contributed by atoms with Gasteiger partial charge in [-0.1, -0.05) is 11.6 Å². The first-order chi connectivity index (χ1) is 6.86. The molecule has 1 rings (SSSR count). The summed E-state index contributed by atoms with van der Waals surface area (Å²) in [5.41, 5.74) is 0.145. The number of esters is 1. The first-order valence-electron chi connectivity index (χ1n) is 3.94. The molecular weight excluding hydrogens is 240 g/mol. The van der Waals surface area contributed by atoms with Crippen LogP contribution in [0.1, 0.15) is 10.4 Å². The van der Waals surface area contributed by atoms with E-state index in [-0.39, 0.29) is 15.5 Å². The van der Waals surface area contributed by atoms with Crippen molar-refractivity contribution in [3.63, 3.8) is 0 Å². The third-order valence-corrected chi connectivity index (χ3v) is 3.20. The molecule has 0 aliphatic rings. The molecule has 0 aliphatic heterocycles. The molecule has 82 valence electrons. The average Bonchev–Trinajstić information content (AvgIpc) is 2.15. The van der Waals surface area contributed by atoms with Gasteiger partial charge in [0.1, 0.15) is 0 Å². The molecule has 6 heteroatoms. The van der Waals surface area contributed by atoms with Gasteiger partial charge in [-0.15, -0.1) is 0 Å². The lowest BCUT2D eigenvalue weighted by atomic mass is 10.2. The average molecular weight is 249 g/mol. The number of methoxy groups -OCH3 is 1. The second kappa shape index (κ2) is 4.20. The van der Waals surface area contributed by atoms with Crippen molar-refractivity contribution in [2.75, 3.05) is 13.4 Å². The fraction of sp³-hybridized carbons (Fsp3) is 0.222. The summed E-state index contributed by atoms with van der Waals surface area (Å²) in [7, 11) is -2.09. The van der Waals surface area contributed by atoms with E-state index >= 15 is 0 Å². The maximum absolute atomic E-state index is 11.2. The zero-order valence-electron chi connectivity index (χ0n) is 8.15. The van der Waals surface area contributed by atoms with Crippen LogP contribution in [-0.2, 0) is 14.6 Å². The van der Waals surface area contributed by atoms with Gasteiger partial charge in [-0.05, 0) is 18.2 Å². The number of hydrogen-bond donors (Lipinski definition) is 0. The Kier molecular flexibility index (Phi) is 3.36. The van der Waals surface area contributed by atoms with Crippen LogP contribution in [0.2, 0.25) is 5.02 Å². The quantitative estimate of drug-likeness (QED) is 0.745. The molecule has 0 aliphatic carbocycles. The minimum atomic E-state index is -3.31. The second-order valence-corrected chi connectivity index (χ2v) is 5.33. The first kappa shape index (κ1) is 12.0. The standard InChI is InChI=1S/C9H9ClO4S/c1-14-9(11)7-4-3-6(5-8(7)10)15(2,12)13/h3-5H,1-2H3. The number of benzene rings is 1. The van der Waals surface area contributed by atoms with Crippen LogP contribution in [0.15, 0.2) is 23.1 Å². The molecule has 4 nitrogen and oxygen atoms in total. The van der Waals surface area contributed by atoms with Gasteiger partial charge in [-0.25, -0.2) is 13.2 Å². The lowest BCUT2D eigenvalue weighted by Gasteiger charge is -2.03. The molecule has 0 bridgehead atoms. The number of carbonyl (C=O) groups is 1. The third kappa shape index (κ3) is 2.70. The summed E-state index contributed by atoms with van der Waals surface area (Å²) in [6.45, 7) is 0. The lowest BCUT2D eigenvalue weighted by Crippen LogP contribution is -2.04. The maximum Gasteiger partial charge on any atom is 0.339 e. The number of carbonyl (C=O) groups excluding carboxylic acids is 1. The predicted octanol–water partition coefficient (Wildman–Crippen LogP) is 1.53. The van der Waals surface area contributed by atoms with Gasteiger partial charge in [0, 0.05) is 6.26 Å². The van der Waals surface area contributed by atoms with E-state index in [1.807, 2.05) is 0 Å². The van der Waals surface area contributed by atoms with Crippen LogP contribution in [0.5, 0.6) is 0 Å². The predicted molar refractivity (Wildman–Crippen MR) is 55.9 cm³/mol. The molecule has 0 spiro atoms. The molecule has 0 fully saturated rings. The van der Waals surface area contributed by atoms with Crippen molar-refractivity contribution < 1.29 is 17.9 Å². The van der Waals surface area contributed by atoms with Gasteiger partial charge in [-0.2, -0.15) is 0 Å². The van der Waals surface area contributed by atoms with Gasteiger partial charge >= 0.3 is 5.97 Å². The molecule has 0 aromatic heterocycles. The van der Waals surface area contributed by atoms with Crippen LogP contribution in [0.3, 0.4) is 0 Å². The number of hydrogen-bond acceptors (Lipinski definition) is 4. The van der Waals surface area contributed by atoms with Gasteiger partial charge in [0.2, 0.25) is 0 Å². The van der Waals surface area contributed by atoms with E-state index < -0.39 is 15.8 Å². The van der Waals surface area contributed by atoms with Gasteiger partial charge in [0.05, 0.1) is 22.6 Å². The highest BCUT2D eigenvalue weighted by molar-refractivity contribution is 7.90. The minimum absolute atomic E-state index is 0.0600. The van der Waals surface area contributed by atoms with Gasteiger partial charge in [0.15, 0.2) is 9.84 Å². The van der Waals surface area contributed by atoms with E-state index in [0.717, 1.165) is 6.26 Å². The summed E-state index contributed by atoms with van der Waals surface area (Å²) in [5, 5.41) is 0.0600. The van der Waals surface area contributed by atoms with Gasteiger partial charge < -0.3 is 4.74 Å². The Morgan fingerprint density at radius 1 is 1.40 bits per heavy atom. The van der Waals surface area contributed by atoms with Crippen LogP contribution in [0, 0.1) is 0 Å². The topological polar surface area (TPSA) is 60.4 Å². The van der Waals surface area contributed by atoms with Crippen molar-refractivity contribution in [1.82, 2.24) is 0 Å². The van der Waals surface area contributed by atoms with Gasteiger partial charge in [0.25, 0.3) is 0 Å². The summed E-state index contributed by atoms with van der Waals surface area (Å²) in [6.07, 6.45) is 1.07. The summed E-state index contributed by atoms with van der Waals surface area (Å²) >= 11 is 5.74. The fourth-order valence-corrected chi connectivity index (χ4v) is 1.97. The summed E-state index contributed by atoms with van der Waals surface area (Å²) in [6, 6.07) is 3.86. The zero-order chi connectivity index (χ0) is 11.6. The van der Waals surface area contributed by atoms with E-state index in [9.17, 15) is 13.2 Å². The molecule has 0 radical (unpaired) electrons. The molecule has 0 atom stereocenters. The van der Waals surface area contributed by atoms with Crippen LogP contribution in [0.4, 0.5) is 0 Å². The molecule has 1 aromatic carbocycles. The second-order valence-electron chi connectivity index (χ2n) is 2.91. The lowest BCUT2D eigenvalue weighted by molar-refractivity contribution is 0.0601. The van der Waals surface area contributed by atoms with Crippen LogP contribution < -0.4 is 0 Å². The van der Waals surface area contributed by atoms with Crippen molar-refractivity contribution in [2.24, 2.45) is 0 Å². The summed E-state index contributed by atoms with van der Waals surface area (Å²) < 4.78 is 26.8. The number of rotatable bonds is 2. The smallest absolute Gasteiger partial charge is 0.339 e. The third-order valence-electron chi connectivity index (χ3n) is 1.77. The van der Waals surface area contributed by atoms with Crippen LogP contribution in [-0.4, -0.2) is 27.8 Å². The molecule has 0 saturated carbocycles. The monoisotopic (exact) mass is 248 g/mol. The van der Waals surface area contributed by atoms with Crippen molar-refractivity contribution >= 4 is 27.4 Å². The van der Waals surface area contributed by atoms with Crippen molar-refractivity contribution in [2.45, 2.75) is 4.90 Å². The van der Waals surface area contributed by atoms with Crippen LogP contribution >= 0.6 is 11.6 Å². The number of sulfone groups is 1. The molecule has 0 amide bonds. The Balaban J connectivity index is 3.27. The van der Waals surface area contributed by atoms with E-state index in [2.05, 4.69) is 4.74 Å². The maximum atomic E-state index is 11.2.